The largest absolute Gasteiger partial charge is 0.474 e. The van der Waals surface area contributed by atoms with Crippen molar-refractivity contribution in [2.75, 3.05) is 33.3 Å². The number of likely N-dealkylation sites (tertiary alicyclic amines) is 1. The van der Waals surface area contributed by atoms with Crippen LogP contribution in [0.15, 0.2) is 41.4 Å². The first-order valence-corrected chi connectivity index (χ1v) is 11.8. The fourth-order valence-corrected chi connectivity index (χ4v) is 4.96. The Labute approximate surface area is 183 Å². The first-order valence-electron chi connectivity index (χ1n) is 10.3. The summed E-state index contributed by atoms with van der Waals surface area (Å²) >= 11 is 0. The van der Waals surface area contributed by atoms with E-state index in [1.165, 1.54) is 23.5 Å². The van der Waals surface area contributed by atoms with E-state index >= 15 is 0 Å². The second-order valence-corrected chi connectivity index (χ2v) is 9.04. The van der Waals surface area contributed by atoms with E-state index in [2.05, 4.69) is 9.97 Å². The van der Waals surface area contributed by atoms with Crippen molar-refractivity contribution < 1.29 is 22.7 Å². The normalized spacial score (nSPS) is 15.2. The van der Waals surface area contributed by atoms with Crippen LogP contribution in [0.25, 0.3) is 0 Å². The highest BCUT2D eigenvalue weighted by Gasteiger charge is 2.26. The van der Waals surface area contributed by atoms with Crippen LogP contribution in [0, 0.1) is 0 Å². The lowest BCUT2D eigenvalue weighted by molar-refractivity contribution is 0.0586. The fraction of sp³-hybridized carbons (Fsp3) is 0.476. The van der Waals surface area contributed by atoms with Gasteiger partial charge in [-0.15, -0.1) is 0 Å². The van der Waals surface area contributed by atoms with Gasteiger partial charge >= 0.3 is 6.01 Å². The van der Waals surface area contributed by atoms with Crippen molar-refractivity contribution in [1.82, 2.24) is 19.2 Å². The number of hydrogen-bond donors (Lipinski definition) is 0. The molecule has 0 bridgehead atoms. The summed E-state index contributed by atoms with van der Waals surface area (Å²) in [7, 11) is -2.04. The van der Waals surface area contributed by atoms with Crippen molar-refractivity contribution in [1.29, 1.82) is 0 Å². The molecule has 3 rings (SSSR count). The lowest BCUT2D eigenvalue weighted by Gasteiger charge is -2.32. The number of carbonyl (C=O) groups excluding carboxylic acids is 1. The summed E-state index contributed by atoms with van der Waals surface area (Å²) in [4.78, 5) is 22.9. The number of piperidine rings is 1. The number of sulfonamides is 1. The Morgan fingerprint density at radius 1 is 1.13 bits per heavy atom. The highest BCUT2D eigenvalue weighted by atomic mass is 32.2. The van der Waals surface area contributed by atoms with Gasteiger partial charge in [0.15, 0.2) is 0 Å². The smallest absolute Gasteiger partial charge is 0.319 e. The maximum Gasteiger partial charge on any atom is 0.319 e. The number of hydrogen-bond acceptors (Lipinski definition) is 7. The molecule has 0 unspecified atom stereocenters. The summed E-state index contributed by atoms with van der Waals surface area (Å²) in [6.45, 7) is 5.49. The summed E-state index contributed by atoms with van der Waals surface area (Å²) in [5.74, 6) is 0.329. The summed E-state index contributed by atoms with van der Waals surface area (Å²) < 4.78 is 37.5. The van der Waals surface area contributed by atoms with Gasteiger partial charge in [-0.1, -0.05) is 13.8 Å². The number of aromatic nitrogens is 2. The molecule has 1 fully saturated rings. The average Bonchev–Trinajstić information content (AvgIpc) is 2.80. The first-order chi connectivity index (χ1) is 14.9. The van der Waals surface area contributed by atoms with Gasteiger partial charge in [-0.3, -0.25) is 4.79 Å². The molecular formula is C21H28N4O5S. The van der Waals surface area contributed by atoms with E-state index in [0.29, 0.717) is 50.5 Å². The van der Waals surface area contributed by atoms with Crippen LogP contribution in [-0.4, -0.2) is 72.9 Å². The number of benzene rings is 1. The van der Waals surface area contributed by atoms with Crippen molar-refractivity contribution in [3.8, 4) is 11.9 Å². The molecule has 1 saturated heterocycles. The number of nitrogens with zero attached hydrogens (tertiary/aromatic N) is 4. The molecule has 168 valence electrons. The standard InChI is InChI=1S/C21H28N4O5S/c1-4-25(5-2)31(27,28)18-8-6-16(7-9-18)20(26)24-14-11-17(12-15-24)30-19-10-13-22-21(23-19)29-3/h6-10,13,17H,4-5,11-12,14-15H2,1-3H3. The zero-order valence-corrected chi connectivity index (χ0v) is 18.8. The topological polar surface area (TPSA) is 102 Å². The molecule has 9 nitrogen and oxygen atoms in total. The minimum absolute atomic E-state index is 0.0507. The number of carbonyl (C=O) groups is 1. The lowest BCUT2D eigenvalue weighted by Crippen LogP contribution is -2.41. The molecule has 31 heavy (non-hydrogen) atoms. The first kappa shape index (κ1) is 23.0. The van der Waals surface area contributed by atoms with Gasteiger partial charge in [0, 0.05) is 56.8 Å². The van der Waals surface area contributed by atoms with Gasteiger partial charge in [0.2, 0.25) is 15.9 Å². The monoisotopic (exact) mass is 448 g/mol. The van der Waals surface area contributed by atoms with Crippen LogP contribution < -0.4 is 9.47 Å². The quantitative estimate of drug-likeness (QED) is 0.610. The molecule has 0 aliphatic carbocycles. The van der Waals surface area contributed by atoms with Crippen LogP contribution in [0.1, 0.15) is 37.0 Å². The molecule has 1 aliphatic heterocycles. The molecule has 1 amide bonds. The molecule has 1 aromatic heterocycles. The van der Waals surface area contributed by atoms with Crippen LogP contribution in [0.2, 0.25) is 0 Å². The molecule has 0 atom stereocenters. The van der Waals surface area contributed by atoms with Gasteiger partial charge in [-0.25, -0.2) is 13.4 Å². The Balaban J connectivity index is 1.59. The van der Waals surface area contributed by atoms with Gasteiger partial charge in [0.25, 0.3) is 5.91 Å². The van der Waals surface area contributed by atoms with Gasteiger partial charge in [0.05, 0.1) is 12.0 Å². The van der Waals surface area contributed by atoms with Crippen LogP contribution in [-0.2, 0) is 10.0 Å². The third-order valence-electron chi connectivity index (χ3n) is 5.25. The summed E-state index contributed by atoms with van der Waals surface area (Å²) in [6, 6.07) is 8.08. The van der Waals surface area contributed by atoms with Gasteiger partial charge in [-0.2, -0.15) is 9.29 Å². The molecule has 2 heterocycles. The van der Waals surface area contributed by atoms with E-state index in [-0.39, 0.29) is 22.9 Å². The highest BCUT2D eigenvalue weighted by molar-refractivity contribution is 7.89. The second-order valence-electron chi connectivity index (χ2n) is 7.10. The van der Waals surface area contributed by atoms with E-state index < -0.39 is 10.0 Å². The van der Waals surface area contributed by atoms with Crippen molar-refractivity contribution in [2.45, 2.75) is 37.7 Å². The third-order valence-corrected chi connectivity index (χ3v) is 7.32. The van der Waals surface area contributed by atoms with E-state index in [9.17, 15) is 13.2 Å². The third kappa shape index (κ3) is 5.31. The molecular weight excluding hydrogens is 420 g/mol. The number of methoxy groups -OCH3 is 1. The van der Waals surface area contributed by atoms with Crippen molar-refractivity contribution >= 4 is 15.9 Å². The maximum absolute atomic E-state index is 12.8. The van der Waals surface area contributed by atoms with E-state index in [4.69, 9.17) is 9.47 Å². The minimum Gasteiger partial charge on any atom is -0.474 e. The van der Waals surface area contributed by atoms with Crippen LogP contribution >= 0.6 is 0 Å². The molecule has 0 N–H and O–H groups in total. The Kier molecular flexibility index (Phi) is 7.45. The van der Waals surface area contributed by atoms with Crippen LogP contribution in [0.4, 0.5) is 0 Å². The van der Waals surface area contributed by atoms with Gasteiger partial charge in [-0.05, 0) is 24.3 Å². The summed E-state index contributed by atoms with van der Waals surface area (Å²) in [5, 5.41) is 0. The predicted octanol–water partition coefficient (Wildman–Crippen LogP) is 2.20. The van der Waals surface area contributed by atoms with Gasteiger partial charge < -0.3 is 14.4 Å². The zero-order valence-electron chi connectivity index (χ0n) is 18.0. The second kappa shape index (κ2) is 10.1. The summed E-state index contributed by atoms with van der Waals surface area (Å²) in [5.41, 5.74) is 0.471. The molecule has 2 aromatic rings. The lowest BCUT2D eigenvalue weighted by atomic mass is 10.1. The average molecular weight is 449 g/mol. The van der Waals surface area contributed by atoms with Crippen molar-refractivity contribution in [3.05, 3.63) is 42.1 Å². The Bertz CT molecular complexity index is 985. The predicted molar refractivity (Wildman–Crippen MR) is 115 cm³/mol. The molecule has 0 spiro atoms. The number of ether oxygens (including phenoxy) is 2. The van der Waals surface area contributed by atoms with Crippen LogP contribution in [0.5, 0.6) is 11.9 Å². The Hall–Kier alpha value is -2.72. The number of amides is 1. The van der Waals surface area contributed by atoms with E-state index in [1.54, 1.807) is 43.1 Å². The molecule has 10 heteroatoms. The number of rotatable bonds is 8. The van der Waals surface area contributed by atoms with Crippen molar-refractivity contribution in [3.63, 3.8) is 0 Å². The maximum atomic E-state index is 12.8. The Morgan fingerprint density at radius 3 is 2.35 bits per heavy atom. The molecule has 0 radical (unpaired) electrons. The highest BCUT2D eigenvalue weighted by Crippen LogP contribution is 2.21. The zero-order chi connectivity index (χ0) is 22.4. The SMILES string of the molecule is CCN(CC)S(=O)(=O)c1ccc(C(=O)N2CCC(Oc3ccnc(OC)n3)CC2)cc1. The van der Waals surface area contributed by atoms with Gasteiger partial charge in [0.1, 0.15) is 6.10 Å². The van der Waals surface area contributed by atoms with E-state index in [1.807, 2.05) is 0 Å². The van der Waals surface area contributed by atoms with Crippen molar-refractivity contribution in [2.24, 2.45) is 0 Å². The molecule has 0 saturated carbocycles. The van der Waals surface area contributed by atoms with E-state index in [0.717, 1.165) is 0 Å². The summed E-state index contributed by atoms with van der Waals surface area (Å²) in [6.07, 6.45) is 2.87. The Morgan fingerprint density at radius 2 is 1.77 bits per heavy atom. The fourth-order valence-electron chi connectivity index (χ4n) is 3.50. The molecule has 1 aliphatic rings. The molecule has 1 aromatic carbocycles. The minimum atomic E-state index is -3.54. The van der Waals surface area contributed by atoms with Crippen LogP contribution in [0.3, 0.4) is 0 Å².